The molecule has 1 unspecified atom stereocenters. The van der Waals surface area contributed by atoms with Gasteiger partial charge in [0.15, 0.2) is 5.96 Å². The molecule has 0 spiro atoms. The molecule has 1 saturated carbocycles. The van der Waals surface area contributed by atoms with Crippen molar-refractivity contribution in [1.29, 1.82) is 0 Å². The van der Waals surface area contributed by atoms with E-state index in [1.54, 1.807) is 0 Å². The molecule has 5 heteroatoms. The van der Waals surface area contributed by atoms with Crippen LogP contribution in [0.25, 0.3) is 0 Å². The van der Waals surface area contributed by atoms with E-state index >= 15 is 0 Å². The van der Waals surface area contributed by atoms with Crippen molar-refractivity contribution < 1.29 is 4.74 Å². The van der Waals surface area contributed by atoms with E-state index < -0.39 is 0 Å². The fourth-order valence-corrected chi connectivity index (χ4v) is 2.12. The minimum absolute atomic E-state index is 0.449. The van der Waals surface area contributed by atoms with Crippen molar-refractivity contribution >= 4 is 5.96 Å². The van der Waals surface area contributed by atoms with Gasteiger partial charge in [0.1, 0.15) is 0 Å². The van der Waals surface area contributed by atoms with Crippen LogP contribution in [0.5, 0.6) is 0 Å². The van der Waals surface area contributed by atoms with Gasteiger partial charge in [0.25, 0.3) is 0 Å². The van der Waals surface area contributed by atoms with Crippen LogP contribution in [0.4, 0.5) is 0 Å². The van der Waals surface area contributed by atoms with E-state index in [2.05, 4.69) is 21.7 Å². The van der Waals surface area contributed by atoms with Crippen LogP contribution in [0.15, 0.2) is 4.99 Å². The minimum Gasteiger partial charge on any atom is -0.379 e. The van der Waals surface area contributed by atoms with Gasteiger partial charge in [-0.15, -0.1) is 0 Å². The molecule has 0 aromatic carbocycles. The maximum absolute atomic E-state index is 5.97. The maximum atomic E-state index is 5.97. The molecule has 17 heavy (non-hydrogen) atoms. The second kappa shape index (κ2) is 5.69. The van der Waals surface area contributed by atoms with Crippen LogP contribution in [0.2, 0.25) is 0 Å². The summed E-state index contributed by atoms with van der Waals surface area (Å²) in [5, 5.41) is 0. The Morgan fingerprint density at radius 1 is 1.47 bits per heavy atom. The molecule has 0 aromatic heterocycles. The molecule has 2 rings (SSSR count). The molecular formula is C12H24N4O. The molecular weight excluding hydrogens is 216 g/mol. The summed E-state index contributed by atoms with van der Waals surface area (Å²) >= 11 is 0. The van der Waals surface area contributed by atoms with Gasteiger partial charge in [-0.3, -0.25) is 9.89 Å². The highest BCUT2D eigenvalue weighted by Gasteiger charge is 2.27. The van der Waals surface area contributed by atoms with Gasteiger partial charge in [0.2, 0.25) is 0 Å². The van der Waals surface area contributed by atoms with E-state index in [4.69, 9.17) is 10.5 Å². The summed E-state index contributed by atoms with van der Waals surface area (Å²) in [6.07, 6.45) is 2.51. The Balaban J connectivity index is 1.76. The zero-order valence-electron chi connectivity index (χ0n) is 10.9. The molecule has 1 heterocycles. The Morgan fingerprint density at radius 2 is 2.12 bits per heavy atom. The normalized spacial score (nSPS) is 24.7. The lowest BCUT2D eigenvalue weighted by atomic mass is 10.2. The van der Waals surface area contributed by atoms with Crippen LogP contribution in [-0.4, -0.2) is 67.7 Å². The van der Waals surface area contributed by atoms with Gasteiger partial charge in [-0.1, -0.05) is 0 Å². The smallest absolute Gasteiger partial charge is 0.191 e. The predicted molar refractivity (Wildman–Crippen MR) is 69.1 cm³/mol. The summed E-state index contributed by atoms with van der Waals surface area (Å²) in [6.45, 7) is 6.68. The Hall–Kier alpha value is -0.810. The minimum atomic E-state index is 0.449. The zero-order valence-corrected chi connectivity index (χ0v) is 10.9. The van der Waals surface area contributed by atoms with Crippen LogP contribution in [-0.2, 0) is 4.74 Å². The van der Waals surface area contributed by atoms with E-state index in [0.29, 0.717) is 18.0 Å². The number of nitrogens with two attached hydrogens (primary N) is 1. The first-order chi connectivity index (χ1) is 8.18. The molecule has 2 fully saturated rings. The van der Waals surface area contributed by atoms with Crippen LogP contribution >= 0.6 is 0 Å². The van der Waals surface area contributed by atoms with Crippen molar-refractivity contribution in [3.05, 3.63) is 0 Å². The van der Waals surface area contributed by atoms with E-state index in [1.165, 1.54) is 12.8 Å². The standard InChI is InChI=1S/C12H24N4O/c1-10(16-5-7-17-8-6-16)9-14-12(13)15(2)11-3-4-11/h10-11H,3-9H2,1-2H3,(H2,13,14). The molecule has 1 aliphatic carbocycles. The van der Waals surface area contributed by atoms with Gasteiger partial charge in [0.05, 0.1) is 19.8 Å². The number of ether oxygens (including phenoxy) is 1. The summed E-state index contributed by atoms with van der Waals surface area (Å²) in [6, 6.07) is 1.09. The van der Waals surface area contributed by atoms with Crippen LogP contribution < -0.4 is 5.73 Å². The van der Waals surface area contributed by atoms with Crippen molar-refractivity contribution in [2.75, 3.05) is 39.9 Å². The van der Waals surface area contributed by atoms with Crippen LogP contribution in [0, 0.1) is 0 Å². The van der Waals surface area contributed by atoms with Crippen molar-refractivity contribution in [3.8, 4) is 0 Å². The second-order valence-corrected chi connectivity index (χ2v) is 5.04. The second-order valence-electron chi connectivity index (χ2n) is 5.04. The van der Waals surface area contributed by atoms with E-state index in [0.717, 1.165) is 32.8 Å². The van der Waals surface area contributed by atoms with Crippen LogP contribution in [0.3, 0.4) is 0 Å². The Bertz CT molecular complexity index is 272. The number of aliphatic imine (C=N–C) groups is 1. The first kappa shape index (κ1) is 12.6. The van der Waals surface area contributed by atoms with Crippen molar-refractivity contribution in [3.63, 3.8) is 0 Å². The molecule has 2 N–H and O–H groups in total. The van der Waals surface area contributed by atoms with Crippen LogP contribution in [0.1, 0.15) is 19.8 Å². The van der Waals surface area contributed by atoms with Gasteiger partial charge < -0.3 is 15.4 Å². The maximum Gasteiger partial charge on any atom is 0.191 e. The lowest BCUT2D eigenvalue weighted by Crippen LogP contribution is -2.44. The predicted octanol–water partition coefficient (Wildman–Crippen LogP) is 0.116. The lowest BCUT2D eigenvalue weighted by Gasteiger charge is -2.31. The molecule has 0 bridgehead atoms. The molecule has 0 radical (unpaired) electrons. The highest BCUT2D eigenvalue weighted by atomic mass is 16.5. The molecule has 1 atom stereocenters. The summed E-state index contributed by atoms with van der Waals surface area (Å²) in [5.41, 5.74) is 5.97. The van der Waals surface area contributed by atoms with Gasteiger partial charge in [-0.2, -0.15) is 0 Å². The molecule has 0 amide bonds. The molecule has 1 saturated heterocycles. The van der Waals surface area contributed by atoms with E-state index in [1.807, 2.05) is 7.05 Å². The highest BCUT2D eigenvalue weighted by molar-refractivity contribution is 5.78. The number of rotatable bonds is 4. The number of morpholine rings is 1. The fourth-order valence-electron chi connectivity index (χ4n) is 2.12. The SMILES string of the molecule is CC(CN=C(N)N(C)C1CC1)N1CCOCC1. The third-order valence-corrected chi connectivity index (χ3v) is 3.64. The van der Waals surface area contributed by atoms with Gasteiger partial charge >= 0.3 is 0 Å². The molecule has 1 aliphatic heterocycles. The quantitative estimate of drug-likeness (QED) is 0.560. The summed E-state index contributed by atoms with van der Waals surface area (Å²) in [5.74, 6) is 0.688. The number of guanidine groups is 1. The number of nitrogens with zero attached hydrogens (tertiary/aromatic N) is 3. The molecule has 98 valence electrons. The topological polar surface area (TPSA) is 54.1 Å². The highest BCUT2D eigenvalue weighted by Crippen LogP contribution is 2.24. The summed E-state index contributed by atoms with van der Waals surface area (Å²) in [4.78, 5) is 9.02. The Morgan fingerprint density at radius 3 is 2.71 bits per heavy atom. The molecule has 2 aliphatic rings. The number of hydrogen-bond acceptors (Lipinski definition) is 3. The average Bonchev–Trinajstić information content (AvgIpc) is 3.20. The average molecular weight is 240 g/mol. The fraction of sp³-hybridized carbons (Fsp3) is 0.917. The third-order valence-electron chi connectivity index (χ3n) is 3.64. The third kappa shape index (κ3) is 3.57. The van der Waals surface area contributed by atoms with Crippen molar-refractivity contribution in [2.24, 2.45) is 10.7 Å². The Kier molecular flexibility index (Phi) is 4.23. The summed E-state index contributed by atoms with van der Waals surface area (Å²) < 4.78 is 5.34. The molecule has 5 nitrogen and oxygen atoms in total. The van der Waals surface area contributed by atoms with Crippen molar-refractivity contribution in [2.45, 2.75) is 31.8 Å². The molecule has 0 aromatic rings. The monoisotopic (exact) mass is 240 g/mol. The van der Waals surface area contributed by atoms with E-state index in [-0.39, 0.29) is 0 Å². The lowest BCUT2D eigenvalue weighted by molar-refractivity contribution is 0.0220. The number of hydrogen-bond donors (Lipinski definition) is 1. The van der Waals surface area contributed by atoms with Gasteiger partial charge in [-0.25, -0.2) is 0 Å². The summed E-state index contributed by atoms with van der Waals surface area (Å²) in [7, 11) is 2.04. The first-order valence-electron chi connectivity index (χ1n) is 6.53. The van der Waals surface area contributed by atoms with Gasteiger partial charge in [-0.05, 0) is 19.8 Å². The van der Waals surface area contributed by atoms with E-state index in [9.17, 15) is 0 Å². The van der Waals surface area contributed by atoms with Gasteiger partial charge in [0, 0.05) is 32.2 Å². The first-order valence-corrected chi connectivity index (χ1v) is 6.53. The Labute approximate surface area is 104 Å². The largest absolute Gasteiger partial charge is 0.379 e. The van der Waals surface area contributed by atoms with Crippen molar-refractivity contribution in [1.82, 2.24) is 9.80 Å². The zero-order chi connectivity index (χ0) is 12.3.